The number of carboxylic acid groups (broad SMARTS) is 1. The molecule has 114 valence electrons. The van der Waals surface area contributed by atoms with Gasteiger partial charge in [-0.2, -0.15) is 0 Å². The zero-order valence-corrected chi connectivity index (χ0v) is 12.4. The molecule has 5 nitrogen and oxygen atoms in total. The van der Waals surface area contributed by atoms with Gasteiger partial charge in [0.15, 0.2) is 0 Å². The first-order chi connectivity index (χ1) is 10.1. The molecule has 0 radical (unpaired) electrons. The molecule has 2 atom stereocenters. The fraction of sp³-hybridized carbons (Fsp3) is 0.467. The minimum absolute atomic E-state index is 0.322. The fourth-order valence-corrected chi connectivity index (χ4v) is 2.77. The van der Waals surface area contributed by atoms with Crippen molar-refractivity contribution in [2.75, 3.05) is 5.32 Å². The summed E-state index contributed by atoms with van der Waals surface area (Å²) in [6.07, 6.45) is 4.16. The van der Waals surface area contributed by atoms with Crippen LogP contribution in [-0.4, -0.2) is 23.1 Å². The van der Waals surface area contributed by atoms with Crippen molar-refractivity contribution in [3.8, 4) is 0 Å². The maximum Gasteiger partial charge on any atom is 0.319 e. The van der Waals surface area contributed by atoms with Crippen molar-refractivity contribution in [2.45, 2.75) is 38.1 Å². The number of carboxylic acids is 1. The van der Waals surface area contributed by atoms with Crippen molar-refractivity contribution in [1.82, 2.24) is 5.32 Å². The molecule has 2 rings (SSSR count). The van der Waals surface area contributed by atoms with Crippen molar-refractivity contribution in [1.29, 1.82) is 0 Å². The zero-order valence-electron chi connectivity index (χ0n) is 11.6. The van der Waals surface area contributed by atoms with Crippen LogP contribution in [-0.2, 0) is 4.79 Å². The maximum atomic E-state index is 12.0. The van der Waals surface area contributed by atoms with Crippen LogP contribution in [0.2, 0.25) is 5.02 Å². The molecule has 1 aliphatic rings. The second-order valence-corrected chi connectivity index (χ2v) is 5.73. The van der Waals surface area contributed by atoms with Crippen molar-refractivity contribution < 1.29 is 14.7 Å². The Morgan fingerprint density at radius 3 is 2.43 bits per heavy atom. The minimum Gasteiger partial charge on any atom is -0.481 e. The lowest BCUT2D eigenvalue weighted by atomic mass is 9.95. The van der Waals surface area contributed by atoms with Crippen LogP contribution in [0.3, 0.4) is 0 Å². The number of rotatable bonds is 3. The number of nitrogens with one attached hydrogen (secondary N) is 2. The lowest BCUT2D eigenvalue weighted by molar-refractivity contribution is -0.142. The number of anilines is 1. The third kappa shape index (κ3) is 4.63. The summed E-state index contributed by atoms with van der Waals surface area (Å²) in [7, 11) is 0. The molecule has 1 saturated carbocycles. The molecule has 1 aromatic rings. The Bertz CT molecular complexity index is 504. The number of carbonyl (C=O) groups is 2. The lowest BCUT2D eigenvalue weighted by Crippen LogP contribution is -2.44. The van der Waals surface area contributed by atoms with Crippen molar-refractivity contribution in [2.24, 2.45) is 5.92 Å². The Morgan fingerprint density at radius 2 is 1.76 bits per heavy atom. The Balaban J connectivity index is 1.96. The van der Waals surface area contributed by atoms with Crippen LogP contribution in [0.1, 0.15) is 32.1 Å². The maximum absolute atomic E-state index is 12.0. The van der Waals surface area contributed by atoms with Crippen LogP contribution in [0, 0.1) is 5.92 Å². The number of carbonyl (C=O) groups excluding carboxylic acids is 1. The van der Waals surface area contributed by atoms with Crippen LogP contribution in [0.25, 0.3) is 0 Å². The van der Waals surface area contributed by atoms with Crippen LogP contribution >= 0.6 is 11.6 Å². The van der Waals surface area contributed by atoms with Gasteiger partial charge in [0, 0.05) is 16.8 Å². The molecule has 6 heteroatoms. The van der Waals surface area contributed by atoms with Gasteiger partial charge in [-0.1, -0.05) is 30.9 Å². The van der Waals surface area contributed by atoms with E-state index < -0.39 is 11.9 Å². The van der Waals surface area contributed by atoms with E-state index in [-0.39, 0.29) is 12.1 Å². The Morgan fingerprint density at radius 1 is 1.10 bits per heavy atom. The van der Waals surface area contributed by atoms with E-state index in [4.69, 9.17) is 11.6 Å². The van der Waals surface area contributed by atoms with Crippen molar-refractivity contribution >= 4 is 29.3 Å². The van der Waals surface area contributed by atoms with E-state index >= 15 is 0 Å². The van der Waals surface area contributed by atoms with E-state index in [0.717, 1.165) is 19.3 Å². The smallest absolute Gasteiger partial charge is 0.319 e. The highest BCUT2D eigenvalue weighted by Gasteiger charge is 2.30. The lowest BCUT2D eigenvalue weighted by Gasteiger charge is -2.23. The molecule has 1 aliphatic carbocycles. The van der Waals surface area contributed by atoms with Gasteiger partial charge in [-0.15, -0.1) is 0 Å². The first-order valence-corrected chi connectivity index (χ1v) is 7.50. The molecular weight excluding hydrogens is 292 g/mol. The molecule has 0 saturated heterocycles. The second-order valence-electron chi connectivity index (χ2n) is 5.29. The van der Waals surface area contributed by atoms with E-state index in [2.05, 4.69) is 10.6 Å². The molecule has 0 spiro atoms. The largest absolute Gasteiger partial charge is 0.481 e. The highest BCUT2D eigenvalue weighted by atomic mass is 35.5. The Hall–Kier alpha value is -1.75. The quantitative estimate of drug-likeness (QED) is 0.748. The van der Waals surface area contributed by atoms with E-state index in [1.54, 1.807) is 24.3 Å². The van der Waals surface area contributed by atoms with Crippen molar-refractivity contribution in [3.63, 3.8) is 0 Å². The molecule has 2 amide bonds. The van der Waals surface area contributed by atoms with Gasteiger partial charge in [-0.05, 0) is 37.1 Å². The third-order valence-electron chi connectivity index (χ3n) is 3.75. The van der Waals surface area contributed by atoms with Gasteiger partial charge < -0.3 is 15.7 Å². The summed E-state index contributed by atoms with van der Waals surface area (Å²) >= 11 is 5.78. The average Bonchev–Trinajstić information content (AvgIpc) is 2.67. The Kier molecular flexibility index (Phi) is 5.44. The Labute approximate surface area is 128 Å². The van der Waals surface area contributed by atoms with Gasteiger partial charge in [0.1, 0.15) is 0 Å². The van der Waals surface area contributed by atoms with Gasteiger partial charge in [0.25, 0.3) is 0 Å². The van der Waals surface area contributed by atoms with Crippen LogP contribution in [0.5, 0.6) is 0 Å². The predicted octanol–water partition coefficient (Wildman–Crippen LogP) is 3.50. The van der Waals surface area contributed by atoms with Crippen LogP contribution < -0.4 is 10.6 Å². The zero-order chi connectivity index (χ0) is 15.2. The number of hydrogen-bond donors (Lipinski definition) is 3. The molecule has 21 heavy (non-hydrogen) atoms. The molecule has 1 aromatic carbocycles. The number of benzene rings is 1. The van der Waals surface area contributed by atoms with Crippen LogP contribution in [0.4, 0.5) is 10.5 Å². The molecule has 3 N–H and O–H groups in total. The molecule has 0 heterocycles. The summed E-state index contributed by atoms with van der Waals surface area (Å²) in [5, 5.41) is 15.4. The van der Waals surface area contributed by atoms with Crippen molar-refractivity contribution in [3.05, 3.63) is 29.3 Å². The summed E-state index contributed by atoms with van der Waals surface area (Å²) in [5.74, 6) is -1.35. The van der Waals surface area contributed by atoms with E-state index in [9.17, 15) is 14.7 Å². The summed E-state index contributed by atoms with van der Waals surface area (Å²) in [6, 6.07) is 6.06. The van der Waals surface area contributed by atoms with Gasteiger partial charge in [-0.3, -0.25) is 4.79 Å². The minimum atomic E-state index is -0.839. The van der Waals surface area contributed by atoms with E-state index in [1.165, 1.54) is 0 Å². The summed E-state index contributed by atoms with van der Waals surface area (Å²) in [6.45, 7) is 0. The standard InChI is InChI=1S/C15H19ClN2O3/c16-10-6-8-11(9-7-10)17-15(21)18-13-5-3-1-2-4-12(13)14(19)20/h6-9,12-13H,1-5H2,(H,19,20)(H2,17,18,21). The molecule has 2 unspecified atom stereocenters. The number of hydrogen-bond acceptors (Lipinski definition) is 2. The number of amides is 2. The third-order valence-corrected chi connectivity index (χ3v) is 4.00. The first-order valence-electron chi connectivity index (χ1n) is 7.12. The predicted molar refractivity (Wildman–Crippen MR) is 81.6 cm³/mol. The topological polar surface area (TPSA) is 78.4 Å². The van der Waals surface area contributed by atoms with Gasteiger partial charge in [0.2, 0.25) is 0 Å². The SMILES string of the molecule is O=C(Nc1ccc(Cl)cc1)NC1CCCCCC1C(=O)O. The molecule has 0 bridgehead atoms. The van der Waals surface area contributed by atoms with Gasteiger partial charge in [0.05, 0.1) is 5.92 Å². The fourth-order valence-electron chi connectivity index (χ4n) is 2.64. The average molecular weight is 311 g/mol. The second kappa shape index (κ2) is 7.31. The summed E-state index contributed by atoms with van der Waals surface area (Å²) < 4.78 is 0. The number of halogens is 1. The normalized spacial score (nSPS) is 22.1. The van der Waals surface area contributed by atoms with Gasteiger partial charge in [-0.25, -0.2) is 4.79 Å². The monoisotopic (exact) mass is 310 g/mol. The number of aliphatic carboxylic acids is 1. The summed E-state index contributed by atoms with van der Waals surface area (Å²) in [4.78, 5) is 23.3. The summed E-state index contributed by atoms with van der Waals surface area (Å²) in [5.41, 5.74) is 0.623. The molecular formula is C15H19ClN2O3. The molecule has 1 fully saturated rings. The first kappa shape index (κ1) is 15.6. The van der Waals surface area contributed by atoms with E-state index in [0.29, 0.717) is 23.6 Å². The van der Waals surface area contributed by atoms with E-state index in [1.807, 2.05) is 0 Å². The molecule has 0 aromatic heterocycles. The van der Waals surface area contributed by atoms with Gasteiger partial charge >= 0.3 is 12.0 Å². The molecule has 0 aliphatic heterocycles. The highest BCUT2D eigenvalue weighted by molar-refractivity contribution is 6.30. The number of urea groups is 1. The highest BCUT2D eigenvalue weighted by Crippen LogP contribution is 2.24. The van der Waals surface area contributed by atoms with Crippen LogP contribution in [0.15, 0.2) is 24.3 Å².